The standard InChI is InChI=1S/C13H13FN2O/c1-3-16-8-10(7-15-16)13(17)12-5-4-11(14)6-9(12)2/h4-8H,3H2,1-2H3. The van der Waals surface area contributed by atoms with Gasteiger partial charge in [0.1, 0.15) is 5.82 Å². The fourth-order valence-electron chi connectivity index (χ4n) is 1.69. The molecule has 2 rings (SSSR count). The first-order valence-electron chi connectivity index (χ1n) is 5.45. The molecule has 0 atom stereocenters. The lowest BCUT2D eigenvalue weighted by atomic mass is 10.0. The summed E-state index contributed by atoms with van der Waals surface area (Å²) >= 11 is 0. The number of nitrogens with zero attached hydrogens (tertiary/aromatic N) is 2. The molecule has 0 aliphatic rings. The summed E-state index contributed by atoms with van der Waals surface area (Å²) in [5, 5.41) is 4.05. The Kier molecular flexibility index (Phi) is 3.04. The Balaban J connectivity index is 2.36. The number of hydrogen-bond donors (Lipinski definition) is 0. The molecule has 17 heavy (non-hydrogen) atoms. The van der Waals surface area contributed by atoms with Crippen molar-refractivity contribution >= 4 is 5.78 Å². The predicted molar refractivity (Wildman–Crippen MR) is 62.5 cm³/mol. The van der Waals surface area contributed by atoms with Crippen molar-refractivity contribution in [1.29, 1.82) is 0 Å². The molecule has 0 N–H and O–H groups in total. The van der Waals surface area contributed by atoms with Crippen LogP contribution in [0.15, 0.2) is 30.6 Å². The zero-order valence-electron chi connectivity index (χ0n) is 9.77. The van der Waals surface area contributed by atoms with E-state index in [-0.39, 0.29) is 11.6 Å². The van der Waals surface area contributed by atoms with Gasteiger partial charge in [-0.1, -0.05) is 0 Å². The molecule has 0 bridgehead atoms. The summed E-state index contributed by atoms with van der Waals surface area (Å²) in [6.07, 6.45) is 3.24. The highest BCUT2D eigenvalue weighted by Crippen LogP contribution is 2.15. The summed E-state index contributed by atoms with van der Waals surface area (Å²) in [7, 11) is 0. The van der Waals surface area contributed by atoms with Crippen molar-refractivity contribution in [3.63, 3.8) is 0 Å². The zero-order chi connectivity index (χ0) is 12.4. The highest BCUT2D eigenvalue weighted by Gasteiger charge is 2.13. The largest absolute Gasteiger partial charge is 0.288 e. The van der Waals surface area contributed by atoms with E-state index in [2.05, 4.69) is 5.10 Å². The lowest BCUT2D eigenvalue weighted by Crippen LogP contribution is -2.03. The maximum atomic E-state index is 12.9. The topological polar surface area (TPSA) is 34.9 Å². The van der Waals surface area contributed by atoms with Crippen LogP contribution in [0.2, 0.25) is 0 Å². The monoisotopic (exact) mass is 232 g/mol. The maximum absolute atomic E-state index is 12.9. The molecule has 0 fully saturated rings. The molecule has 88 valence electrons. The number of benzene rings is 1. The van der Waals surface area contributed by atoms with E-state index >= 15 is 0 Å². The number of hydrogen-bond acceptors (Lipinski definition) is 2. The Morgan fingerprint density at radius 1 is 1.47 bits per heavy atom. The summed E-state index contributed by atoms with van der Waals surface area (Å²) in [5.41, 5.74) is 1.68. The van der Waals surface area contributed by atoms with Crippen molar-refractivity contribution in [2.45, 2.75) is 20.4 Å². The molecule has 0 aliphatic heterocycles. The van der Waals surface area contributed by atoms with E-state index in [1.807, 2.05) is 6.92 Å². The summed E-state index contributed by atoms with van der Waals surface area (Å²) in [6.45, 7) is 4.39. The average molecular weight is 232 g/mol. The lowest BCUT2D eigenvalue weighted by Gasteiger charge is -2.02. The predicted octanol–water partition coefficient (Wildman–Crippen LogP) is 2.58. The SMILES string of the molecule is CCn1cc(C(=O)c2ccc(F)cc2C)cn1. The Morgan fingerprint density at radius 3 is 2.82 bits per heavy atom. The number of carbonyl (C=O) groups is 1. The van der Waals surface area contributed by atoms with Crippen LogP contribution in [0.4, 0.5) is 4.39 Å². The van der Waals surface area contributed by atoms with Gasteiger partial charge in [0.05, 0.1) is 11.8 Å². The second kappa shape index (κ2) is 4.49. The molecule has 1 aromatic carbocycles. The molecule has 0 amide bonds. The molecule has 3 nitrogen and oxygen atoms in total. The third-order valence-corrected chi connectivity index (χ3v) is 2.65. The van der Waals surface area contributed by atoms with E-state index in [1.54, 1.807) is 17.8 Å². The van der Waals surface area contributed by atoms with Crippen molar-refractivity contribution in [3.8, 4) is 0 Å². The minimum absolute atomic E-state index is 0.123. The van der Waals surface area contributed by atoms with Gasteiger partial charge in [0.15, 0.2) is 5.78 Å². The van der Waals surface area contributed by atoms with Crippen molar-refractivity contribution in [2.24, 2.45) is 0 Å². The fraction of sp³-hybridized carbons (Fsp3) is 0.231. The van der Waals surface area contributed by atoms with E-state index < -0.39 is 0 Å². The first-order chi connectivity index (χ1) is 8.11. The van der Waals surface area contributed by atoms with Crippen LogP contribution in [-0.4, -0.2) is 15.6 Å². The van der Waals surface area contributed by atoms with Crippen LogP contribution < -0.4 is 0 Å². The first kappa shape index (κ1) is 11.5. The van der Waals surface area contributed by atoms with Crippen LogP contribution in [0.5, 0.6) is 0 Å². The van der Waals surface area contributed by atoms with Crippen LogP contribution in [0.3, 0.4) is 0 Å². The van der Waals surface area contributed by atoms with E-state index in [0.717, 1.165) is 6.54 Å². The van der Waals surface area contributed by atoms with Crippen LogP contribution in [-0.2, 0) is 6.54 Å². The van der Waals surface area contributed by atoms with Crippen LogP contribution >= 0.6 is 0 Å². The normalized spacial score (nSPS) is 10.5. The lowest BCUT2D eigenvalue weighted by molar-refractivity contribution is 0.103. The molecule has 0 unspecified atom stereocenters. The Morgan fingerprint density at radius 2 is 2.24 bits per heavy atom. The van der Waals surface area contributed by atoms with Gasteiger partial charge in [0.25, 0.3) is 0 Å². The average Bonchev–Trinajstić information content (AvgIpc) is 2.76. The molecule has 2 aromatic rings. The van der Waals surface area contributed by atoms with Crippen molar-refractivity contribution in [3.05, 3.63) is 53.1 Å². The van der Waals surface area contributed by atoms with Gasteiger partial charge in [0.2, 0.25) is 0 Å². The summed E-state index contributed by atoms with van der Waals surface area (Å²) in [4.78, 5) is 12.1. The molecule has 1 aromatic heterocycles. The van der Waals surface area contributed by atoms with Crippen LogP contribution in [0.1, 0.15) is 28.4 Å². The second-order valence-corrected chi connectivity index (χ2v) is 3.87. The Hall–Kier alpha value is -1.97. The van der Waals surface area contributed by atoms with Crippen LogP contribution in [0.25, 0.3) is 0 Å². The molecule has 0 radical (unpaired) electrons. The van der Waals surface area contributed by atoms with Crippen LogP contribution in [0, 0.1) is 12.7 Å². The molecular formula is C13H13FN2O. The number of halogens is 1. The van der Waals surface area contributed by atoms with Gasteiger partial charge >= 0.3 is 0 Å². The van der Waals surface area contributed by atoms with E-state index in [4.69, 9.17) is 0 Å². The summed E-state index contributed by atoms with van der Waals surface area (Å²) in [6, 6.07) is 4.16. The molecular weight excluding hydrogens is 219 g/mol. The van der Waals surface area contributed by atoms with E-state index in [1.165, 1.54) is 24.4 Å². The second-order valence-electron chi connectivity index (χ2n) is 3.87. The highest BCUT2D eigenvalue weighted by atomic mass is 19.1. The zero-order valence-corrected chi connectivity index (χ0v) is 9.77. The van der Waals surface area contributed by atoms with Gasteiger partial charge in [0, 0.05) is 18.3 Å². The van der Waals surface area contributed by atoms with Gasteiger partial charge in [-0.15, -0.1) is 0 Å². The number of aryl methyl sites for hydroxylation is 2. The van der Waals surface area contributed by atoms with Gasteiger partial charge in [-0.3, -0.25) is 9.48 Å². The number of carbonyl (C=O) groups excluding carboxylic acids is 1. The Labute approximate surface area is 98.9 Å². The van der Waals surface area contributed by atoms with Gasteiger partial charge < -0.3 is 0 Å². The molecule has 0 aliphatic carbocycles. The summed E-state index contributed by atoms with van der Waals surface area (Å²) < 4.78 is 14.6. The number of aromatic nitrogens is 2. The minimum Gasteiger partial charge on any atom is -0.288 e. The molecule has 4 heteroatoms. The number of ketones is 1. The van der Waals surface area contributed by atoms with E-state index in [9.17, 15) is 9.18 Å². The molecule has 0 saturated heterocycles. The highest BCUT2D eigenvalue weighted by molar-refractivity contribution is 6.09. The molecule has 0 saturated carbocycles. The molecule has 0 spiro atoms. The maximum Gasteiger partial charge on any atom is 0.196 e. The van der Waals surface area contributed by atoms with E-state index in [0.29, 0.717) is 16.7 Å². The van der Waals surface area contributed by atoms with Gasteiger partial charge in [-0.05, 0) is 37.6 Å². The quantitative estimate of drug-likeness (QED) is 0.762. The third-order valence-electron chi connectivity index (χ3n) is 2.65. The van der Waals surface area contributed by atoms with Gasteiger partial charge in [-0.25, -0.2) is 4.39 Å². The first-order valence-corrected chi connectivity index (χ1v) is 5.45. The number of rotatable bonds is 3. The van der Waals surface area contributed by atoms with Crippen molar-refractivity contribution < 1.29 is 9.18 Å². The van der Waals surface area contributed by atoms with Gasteiger partial charge in [-0.2, -0.15) is 5.10 Å². The smallest absolute Gasteiger partial charge is 0.196 e. The Bertz CT molecular complexity index is 560. The fourth-order valence-corrected chi connectivity index (χ4v) is 1.69. The minimum atomic E-state index is -0.330. The summed E-state index contributed by atoms with van der Waals surface area (Å²) in [5.74, 6) is -0.453. The van der Waals surface area contributed by atoms with Crippen molar-refractivity contribution in [2.75, 3.05) is 0 Å². The van der Waals surface area contributed by atoms with Crippen molar-refractivity contribution in [1.82, 2.24) is 9.78 Å². The third kappa shape index (κ3) is 2.25. The molecule has 1 heterocycles.